The normalized spacial score (nSPS) is 15.6. The van der Waals surface area contributed by atoms with Crippen molar-refractivity contribution in [3.05, 3.63) is 26.8 Å². The molecule has 0 heterocycles. The number of fused-ring (bicyclic) bond motifs is 1. The lowest BCUT2D eigenvalue weighted by Crippen LogP contribution is -2.13. The fourth-order valence-electron chi connectivity index (χ4n) is 1.69. The summed E-state index contributed by atoms with van der Waals surface area (Å²) >= 11 is 2.15. The molecule has 13 heavy (non-hydrogen) atoms. The number of aromatic hydroxyl groups is 1. The summed E-state index contributed by atoms with van der Waals surface area (Å²) in [7, 11) is 0. The van der Waals surface area contributed by atoms with Crippen LogP contribution in [-0.4, -0.2) is 10.9 Å². The molecule has 0 amide bonds. The number of hydrogen-bond acceptors (Lipinski definition) is 2. The first-order valence-corrected chi connectivity index (χ1v) is 5.26. The Morgan fingerprint density at radius 1 is 1.31 bits per heavy atom. The van der Waals surface area contributed by atoms with E-state index in [2.05, 4.69) is 22.6 Å². The van der Waals surface area contributed by atoms with Gasteiger partial charge in [-0.2, -0.15) is 0 Å². The van der Waals surface area contributed by atoms with Crippen LogP contribution in [0.1, 0.15) is 17.5 Å². The van der Waals surface area contributed by atoms with Crippen molar-refractivity contribution in [2.45, 2.75) is 19.3 Å². The topological polar surface area (TPSA) is 37.3 Å². The number of Topliss-reactive ketones (excluding diaryl/α,β-unsaturated/α-hetero) is 1. The van der Waals surface area contributed by atoms with E-state index in [1.807, 2.05) is 6.07 Å². The maximum atomic E-state index is 11.2. The number of ketones is 1. The number of halogens is 1. The van der Waals surface area contributed by atoms with Gasteiger partial charge in [-0.15, -0.1) is 0 Å². The zero-order valence-corrected chi connectivity index (χ0v) is 9.17. The highest BCUT2D eigenvalue weighted by molar-refractivity contribution is 14.1. The van der Waals surface area contributed by atoms with Crippen LogP contribution in [0.25, 0.3) is 0 Å². The highest BCUT2D eigenvalue weighted by atomic mass is 127. The van der Waals surface area contributed by atoms with Gasteiger partial charge in [0.25, 0.3) is 0 Å². The number of phenols is 1. The summed E-state index contributed by atoms with van der Waals surface area (Å²) in [4.78, 5) is 11.2. The Hall–Kier alpha value is -0.580. The Bertz CT molecular complexity index is 371. The summed E-state index contributed by atoms with van der Waals surface area (Å²) in [5.74, 6) is 0.614. The molecule has 0 spiro atoms. The molecule has 2 rings (SSSR count). The zero-order valence-electron chi connectivity index (χ0n) is 7.01. The summed E-state index contributed by atoms with van der Waals surface area (Å²) in [6, 6.07) is 3.72. The Labute approximate surface area is 90.1 Å². The van der Waals surface area contributed by atoms with Crippen LogP contribution in [0, 0.1) is 3.57 Å². The Kier molecular flexibility index (Phi) is 2.27. The number of benzene rings is 1. The van der Waals surface area contributed by atoms with Crippen molar-refractivity contribution >= 4 is 28.4 Å². The largest absolute Gasteiger partial charge is 0.508 e. The minimum absolute atomic E-state index is 0.272. The SMILES string of the molecule is O=C1CCc2c(O)cc(I)cc2C1. The lowest BCUT2D eigenvalue weighted by Gasteiger charge is -2.16. The number of hydrogen-bond donors (Lipinski definition) is 1. The van der Waals surface area contributed by atoms with Crippen LogP contribution in [0.3, 0.4) is 0 Å². The molecule has 0 unspecified atom stereocenters. The van der Waals surface area contributed by atoms with Gasteiger partial charge >= 0.3 is 0 Å². The highest BCUT2D eigenvalue weighted by Crippen LogP contribution is 2.29. The van der Waals surface area contributed by atoms with Gasteiger partial charge in [-0.25, -0.2) is 0 Å². The van der Waals surface area contributed by atoms with Gasteiger partial charge in [0.05, 0.1) is 0 Å². The molecule has 0 radical (unpaired) electrons. The molecule has 1 aromatic carbocycles. The summed E-state index contributed by atoms with van der Waals surface area (Å²) in [6.45, 7) is 0. The van der Waals surface area contributed by atoms with E-state index in [-0.39, 0.29) is 5.78 Å². The van der Waals surface area contributed by atoms with Gasteiger partial charge in [0.2, 0.25) is 0 Å². The van der Waals surface area contributed by atoms with Crippen LogP contribution < -0.4 is 0 Å². The van der Waals surface area contributed by atoms with Gasteiger partial charge < -0.3 is 5.11 Å². The average Bonchev–Trinajstić information content (AvgIpc) is 2.02. The third-order valence-corrected chi connectivity index (χ3v) is 2.95. The van der Waals surface area contributed by atoms with Gasteiger partial charge in [-0.05, 0) is 52.3 Å². The fourth-order valence-corrected chi connectivity index (χ4v) is 2.36. The second kappa shape index (κ2) is 3.29. The molecule has 0 saturated heterocycles. The molecule has 0 saturated carbocycles. The van der Waals surface area contributed by atoms with E-state index in [0.29, 0.717) is 25.0 Å². The first-order valence-electron chi connectivity index (χ1n) is 4.19. The summed E-state index contributed by atoms with van der Waals surface area (Å²) in [5.41, 5.74) is 1.96. The molecule has 0 bridgehead atoms. The number of carbonyl (C=O) groups excluding carboxylic acids is 1. The molecule has 1 aromatic rings. The maximum absolute atomic E-state index is 11.2. The van der Waals surface area contributed by atoms with Gasteiger partial charge in [0.1, 0.15) is 11.5 Å². The average molecular weight is 288 g/mol. The molecule has 1 N–H and O–H groups in total. The number of carbonyl (C=O) groups is 1. The van der Waals surface area contributed by atoms with E-state index in [4.69, 9.17) is 0 Å². The second-order valence-electron chi connectivity index (χ2n) is 3.28. The number of rotatable bonds is 0. The minimum Gasteiger partial charge on any atom is -0.508 e. The summed E-state index contributed by atoms with van der Waals surface area (Å²) < 4.78 is 0.989. The first-order chi connectivity index (χ1) is 6.16. The third kappa shape index (κ3) is 1.70. The molecule has 3 heteroatoms. The molecule has 0 atom stereocenters. The van der Waals surface area contributed by atoms with Crippen LogP contribution in [0.15, 0.2) is 12.1 Å². The van der Waals surface area contributed by atoms with Crippen LogP contribution in [0.5, 0.6) is 5.75 Å². The monoisotopic (exact) mass is 288 g/mol. The number of phenolic OH excluding ortho intramolecular Hbond substituents is 1. The van der Waals surface area contributed by atoms with Crippen LogP contribution in [0.4, 0.5) is 0 Å². The van der Waals surface area contributed by atoms with Crippen LogP contribution in [-0.2, 0) is 17.6 Å². The van der Waals surface area contributed by atoms with Crippen molar-refractivity contribution in [3.8, 4) is 5.75 Å². The molecule has 1 aliphatic rings. The lowest BCUT2D eigenvalue weighted by molar-refractivity contribution is -0.118. The molecular formula is C10H9IO2. The highest BCUT2D eigenvalue weighted by Gasteiger charge is 2.18. The second-order valence-corrected chi connectivity index (χ2v) is 4.52. The van der Waals surface area contributed by atoms with Crippen molar-refractivity contribution in [1.29, 1.82) is 0 Å². The van der Waals surface area contributed by atoms with E-state index >= 15 is 0 Å². The Balaban J connectivity index is 2.53. The van der Waals surface area contributed by atoms with Gasteiger partial charge in [-0.1, -0.05) is 0 Å². The fraction of sp³-hybridized carbons (Fsp3) is 0.300. The molecule has 0 aromatic heterocycles. The van der Waals surface area contributed by atoms with Gasteiger partial charge in [0, 0.05) is 16.4 Å². The minimum atomic E-state index is 0.272. The van der Waals surface area contributed by atoms with E-state index in [1.165, 1.54) is 0 Å². The molecule has 0 aliphatic heterocycles. The van der Waals surface area contributed by atoms with Crippen molar-refractivity contribution < 1.29 is 9.90 Å². The molecular weight excluding hydrogens is 279 g/mol. The molecule has 0 fully saturated rings. The molecule has 1 aliphatic carbocycles. The predicted octanol–water partition coefficient (Wildman–Crippen LogP) is 2.05. The van der Waals surface area contributed by atoms with Crippen molar-refractivity contribution in [2.24, 2.45) is 0 Å². The standard InChI is InChI=1S/C10H9IO2/c11-7-3-6-4-8(12)1-2-9(6)10(13)5-7/h3,5,13H,1-2,4H2. The van der Waals surface area contributed by atoms with E-state index in [1.54, 1.807) is 6.07 Å². The Morgan fingerprint density at radius 3 is 2.85 bits per heavy atom. The van der Waals surface area contributed by atoms with Crippen LogP contribution in [0.2, 0.25) is 0 Å². The summed E-state index contributed by atoms with van der Waals surface area (Å²) in [6.07, 6.45) is 1.75. The smallest absolute Gasteiger partial charge is 0.137 e. The van der Waals surface area contributed by atoms with Crippen LogP contribution >= 0.6 is 22.6 Å². The summed E-state index contributed by atoms with van der Waals surface area (Å²) in [5, 5.41) is 9.61. The predicted molar refractivity (Wildman–Crippen MR) is 57.9 cm³/mol. The maximum Gasteiger partial charge on any atom is 0.137 e. The zero-order chi connectivity index (χ0) is 9.42. The first kappa shape index (κ1) is 8.99. The van der Waals surface area contributed by atoms with E-state index in [0.717, 1.165) is 14.7 Å². The van der Waals surface area contributed by atoms with Gasteiger partial charge in [-0.3, -0.25) is 4.79 Å². The van der Waals surface area contributed by atoms with Crippen molar-refractivity contribution in [1.82, 2.24) is 0 Å². The van der Waals surface area contributed by atoms with Gasteiger partial charge in [0.15, 0.2) is 0 Å². The van der Waals surface area contributed by atoms with Crippen molar-refractivity contribution in [2.75, 3.05) is 0 Å². The van der Waals surface area contributed by atoms with E-state index < -0.39 is 0 Å². The van der Waals surface area contributed by atoms with Crippen molar-refractivity contribution in [3.63, 3.8) is 0 Å². The molecule has 2 nitrogen and oxygen atoms in total. The quantitative estimate of drug-likeness (QED) is 0.742. The molecule has 68 valence electrons. The van der Waals surface area contributed by atoms with E-state index in [9.17, 15) is 9.90 Å². The Morgan fingerprint density at radius 2 is 2.08 bits per heavy atom. The lowest BCUT2D eigenvalue weighted by atomic mass is 9.90. The third-order valence-electron chi connectivity index (χ3n) is 2.32.